The molecule has 0 spiro atoms. The first-order valence-corrected chi connectivity index (χ1v) is 3.93. The van der Waals surface area contributed by atoms with Crippen molar-refractivity contribution < 1.29 is 4.79 Å². The molecule has 3 nitrogen and oxygen atoms in total. The number of halogens is 1. The second-order valence-electron chi connectivity index (χ2n) is 1.98. The summed E-state index contributed by atoms with van der Waals surface area (Å²) in [7, 11) is 1.83. The summed E-state index contributed by atoms with van der Waals surface area (Å²) in [5.41, 5.74) is 0.513. The highest BCUT2D eigenvalue weighted by Gasteiger charge is 2.04. The summed E-state index contributed by atoms with van der Waals surface area (Å²) >= 11 is 3.06. The highest BCUT2D eigenvalue weighted by Crippen LogP contribution is 1.97. The molecule has 0 fully saturated rings. The Morgan fingerprint density at radius 3 is 3.00 bits per heavy atom. The van der Waals surface area contributed by atoms with E-state index in [4.69, 9.17) is 0 Å². The van der Waals surface area contributed by atoms with Crippen LogP contribution in [-0.2, 0) is 7.05 Å². The number of hydrogen-bond donors (Lipinski definition) is 0. The van der Waals surface area contributed by atoms with Gasteiger partial charge in [-0.05, 0) is 0 Å². The Morgan fingerprint density at radius 1 is 1.90 bits per heavy atom. The van der Waals surface area contributed by atoms with E-state index in [0.29, 0.717) is 11.0 Å². The Bertz CT molecular complexity index is 244. The zero-order chi connectivity index (χ0) is 7.56. The second kappa shape index (κ2) is 2.96. The molecule has 0 bridgehead atoms. The molecule has 0 atom stereocenters. The van der Waals surface area contributed by atoms with Crippen molar-refractivity contribution in [1.82, 2.24) is 9.55 Å². The number of carbonyl (C=O) groups is 1. The van der Waals surface area contributed by atoms with Crippen LogP contribution in [0, 0.1) is 0 Å². The Morgan fingerprint density at radius 2 is 2.60 bits per heavy atom. The molecule has 1 rings (SSSR count). The molecule has 1 heterocycles. The molecule has 0 amide bonds. The monoisotopic (exact) mass is 202 g/mol. The fourth-order valence-electron chi connectivity index (χ4n) is 0.625. The molecule has 0 aliphatic carbocycles. The number of ketones is 1. The van der Waals surface area contributed by atoms with Crippen LogP contribution in [0.3, 0.4) is 0 Å². The molecule has 1 aromatic heterocycles. The van der Waals surface area contributed by atoms with E-state index in [1.165, 1.54) is 0 Å². The summed E-state index contributed by atoms with van der Waals surface area (Å²) < 4.78 is 1.75. The van der Waals surface area contributed by atoms with Gasteiger partial charge in [0.25, 0.3) is 0 Å². The molecular formula is C6H7BrN2O. The summed E-state index contributed by atoms with van der Waals surface area (Å²) in [5.74, 6) is 0.0144. The maximum Gasteiger partial charge on any atom is 0.193 e. The largest absolute Gasteiger partial charge is 0.340 e. The second-order valence-corrected chi connectivity index (χ2v) is 2.54. The lowest BCUT2D eigenvalue weighted by Gasteiger charge is -1.85. The van der Waals surface area contributed by atoms with E-state index in [2.05, 4.69) is 20.9 Å². The third kappa shape index (κ3) is 1.44. The van der Waals surface area contributed by atoms with Crippen LogP contribution in [0.2, 0.25) is 0 Å². The van der Waals surface area contributed by atoms with E-state index < -0.39 is 0 Å². The fourth-order valence-corrected chi connectivity index (χ4v) is 0.913. The normalized spacial score (nSPS) is 9.80. The Hall–Kier alpha value is -0.640. The van der Waals surface area contributed by atoms with Crippen molar-refractivity contribution in [3.05, 3.63) is 18.2 Å². The first-order chi connectivity index (χ1) is 4.74. The van der Waals surface area contributed by atoms with Crippen LogP contribution < -0.4 is 0 Å². The molecule has 0 aromatic carbocycles. The number of nitrogens with zero attached hydrogens (tertiary/aromatic N) is 2. The average Bonchev–Trinajstić information content (AvgIpc) is 2.34. The van der Waals surface area contributed by atoms with E-state index in [0.717, 1.165) is 0 Å². The van der Waals surface area contributed by atoms with Crippen LogP contribution in [0.15, 0.2) is 12.5 Å². The number of imidazole rings is 1. The van der Waals surface area contributed by atoms with Crippen LogP contribution in [-0.4, -0.2) is 20.7 Å². The summed E-state index contributed by atoms with van der Waals surface area (Å²) in [6.45, 7) is 0. The lowest BCUT2D eigenvalue weighted by Crippen LogP contribution is -1.99. The van der Waals surface area contributed by atoms with Gasteiger partial charge in [0, 0.05) is 13.2 Å². The fraction of sp³-hybridized carbons (Fsp3) is 0.333. The zero-order valence-electron chi connectivity index (χ0n) is 5.54. The molecule has 0 N–H and O–H groups in total. The van der Waals surface area contributed by atoms with Gasteiger partial charge in [0.15, 0.2) is 5.78 Å². The number of alkyl halides is 1. The van der Waals surface area contributed by atoms with Crippen molar-refractivity contribution in [1.29, 1.82) is 0 Å². The van der Waals surface area contributed by atoms with E-state index in [-0.39, 0.29) is 5.78 Å². The van der Waals surface area contributed by atoms with Gasteiger partial charge in [0.05, 0.1) is 11.7 Å². The number of aromatic nitrogens is 2. The highest BCUT2D eigenvalue weighted by molar-refractivity contribution is 9.09. The topological polar surface area (TPSA) is 34.9 Å². The van der Waals surface area contributed by atoms with Gasteiger partial charge >= 0.3 is 0 Å². The van der Waals surface area contributed by atoms with Crippen molar-refractivity contribution in [2.75, 3.05) is 5.33 Å². The van der Waals surface area contributed by atoms with Crippen molar-refractivity contribution in [2.24, 2.45) is 7.05 Å². The minimum atomic E-state index is 0.0144. The van der Waals surface area contributed by atoms with E-state index in [1.807, 2.05) is 7.05 Å². The number of carbonyl (C=O) groups excluding carboxylic acids is 1. The van der Waals surface area contributed by atoms with Gasteiger partial charge in [-0.25, -0.2) is 4.98 Å². The minimum Gasteiger partial charge on any atom is -0.340 e. The molecule has 1 aromatic rings. The SMILES string of the molecule is Cn1cnc(C(=O)CBr)c1. The first kappa shape index (κ1) is 7.47. The maximum absolute atomic E-state index is 10.9. The maximum atomic E-state index is 10.9. The molecule has 0 aliphatic heterocycles. The average molecular weight is 203 g/mol. The zero-order valence-corrected chi connectivity index (χ0v) is 7.13. The number of Topliss-reactive ketones (excluding diaryl/α,β-unsaturated/α-hetero) is 1. The number of aryl methyl sites for hydroxylation is 1. The lowest BCUT2D eigenvalue weighted by atomic mass is 10.3. The Labute approximate surface area is 67.2 Å². The van der Waals surface area contributed by atoms with E-state index >= 15 is 0 Å². The van der Waals surface area contributed by atoms with Crippen LogP contribution in [0.25, 0.3) is 0 Å². The molecular weight excluding hydrogens is 196 g/mol. The van der Waals surface area contributed by atoms with Gasteiger partial charge in [-0.15, -0.1) is 0 Å². The van der Waals surface area contributed by atoms with Crippen molar-refractivity contribution in [2.45, 2.75) is 0 Å². The summed E-state index contributed by atoms with van der Waals surface area (Å²) in [5, 5.41) is 0.337. The highest BCUT2D eigenvalue weighted by atomic mass is 79.9. The van der Waals surface area contributed by atoms with Crippen LogP contribution in [0.5, 0.6) is 0 Å². The summed E-state index contributed by atoms with van der Waals surface area (Å²) in [6.07, 6.45) is 3.31. The van der Waals surface area contributed by atoms with Gasteiger partial charge in [-0.2, -0.15) is 0 Å². The molecule has 10 heavy (non-hydrogen) atoms. The van der Waals surface area contributed by atoms with Crippen molar-refractivity contribution in [3.8, 4) is 0 Å². The first-order valence-electron chi connectivity index (χ1n) is 2.81. The summed E-state index contributed by atoms with van der Waals surface area (Å²) in [4.78, 5) is 14.8. The van der Waals surface area contributed by atoms with Gasteiger partial charge in [-0.1, -0.05) is 15.9 Å². The predicted molar refractivity (Wildman–Crippen MR) is 41.3 cm³/mol. The summed E-state index contributed by atoms with van der Waals surface area (Å²) in [6, 6.07) is 0. The van der Waals surface area contributed by atoms with Crippen LogP contribution in [0.4, 0.5) is 0 Å². The molecule has 0 saturated carbocycles. The van der Waals surface area contributed by atoms with Crippen LogP contribution >= 0.6 is 15.9 Å². The molecule has 54 valence electrons. The lowest BCUT2D eigenvalue weighted by molar-refractivity contribution is 0.101. The van der Waals surface area contributed by atoms with Gasteiger partial charge in [0.2, 0.25) is 0 Å². The minimum absolute atomic E-state index is 0.0144. The van der Waals surface area contributed by atoms with Crippen molar-refractivity contribution >= 4 is 21.7 Å². The molecule has 0 saturated heterocycles. The molecule has 0 radical (unpaired) electrons. The molecule has 0 unspecified atom stereocenters. The number of hydrogen-bond acceptors (Lipinski definition) is 2. The smallest absolute Gasteiger partial charge is 0.193 e. The predicted octanol–water partition coefficient (Wildman–Crippen LogP) is 0.998. The molecule has 0 aliphatic rings. The quantitative estimate of drug-likeness (QED) is 0.530. The molecule has 4 heteroatoms. The van der Waals surface area contributed by atoms with Gasteiger partial charge in [-0.3, -0.25) is 4.79 Å². The van der Waals surface area contributed by atoms with Crippen LogP contribution in [0.1, 0.15) is 10.5 Å². The standard InChI is InChI=1S/C6H7BrN2O/c1-9-3-5(8-4-9)6(10)2-7/h3-4H,2H2,1H3. The third-order valence-electron chi connectivity index (χ3n) is 1.11. The van der Waals surface area contributed by atoms with Gasteiger partial charge < -0.3 is 4.57 Å². The Balaban J connectivity index is 2.85. The number of rotatable bonds is 2. The van der Waals surface area contributed by atoms with E-state index in [9.17, 15) is 4.79 Å². The van der Waals surface area contributed by atoms with E-state index in [1.54, 1.807) is 17.1 Å². The van der Waals surface area contributed by atoms with Crippen molar-refractivity contribution in [3.63, 3.8) is 0 Å². The van der Waals surface area contributed by atoms with Gasteiger partial charge in [0.1, 0.15) is 5.69 Å². The third-order valence-corrected chi connectivity index (χ3v) is 1.62. The Kier molecular flexibility index (Phi) is 2.21.